The van der Waals surface area contributed by atoms with Crippen molar-refractivity contribution in [1.82, 2.24) is 0 Å². The molecule has 0 N–H and O–H groups in total. The first-order valence-corrected chi connectivity index (χ1v) is 8.26. The Morgan fingerprint density at radius 3 is 2.48 bits per heavy atom. The van der Waals surface area contributed by atoms with Crippen LogP contribution in [-0.2, 0) is 4.79 Å². The van der Waals surface area contributed by atoms with Crippen LogP contribution in [0.4, 0.5) is 10.1 Å². The highest BCUT2D eigenvalue weighted by atomic mass is 32.2. The van der Waals surface area contributed by atoms with Crippen LogP contribution >= 0.6 is 11.8 Å². The van der Waals surface area contributed by atoms with Gasteiger partial charge in [0.1, 0.15) is 5.82 Å². The topological polar surface area (TPSA) is 20.3 Å². The Labute approximate surface area is 138 Å². The second-order valence-electron chi connectivity index (χ2n) is 5.20. The Balaban J connectivity index is 1.72. The molecule has 3 rings (SSSR count). The van der Waals surface area contributed by atoms with Gasteiger partial charge in [-0.1, -0.05) is 42.5 Å². The van der Waals surface area contributed by atoms with Crippen molar-refractivity contribution in [2.75, 3.05) is 17.7 Å². The average molecular weight is 325 g/mol. The molecule has 0 aliphatic heterocycles. The molecule has 0 aromatic heterocycles. The van der Waals surface area contributed by atoms with Gasteiger partial charge in [0.2, 0.25) is 5.91 Å². The Morgan fingerprint density at radius 1 is 1.00 bits per heavy atom. The van der Waals surface area contributed by atoms with Crippen LogP contribution in [0.3, 0.4) is 0 Å². The molecule has 0 unspecified atom stereocenters. The van der Waals surface area contributed by atoms with Gasteiger partial charge in [-0.3, -0.25) is 4.79 Å². The maximum absolute atomic E-state index is 13.6. The van der Waals surface area contributed by atoms with E-state index in [1.807, 2.05) is 42.5 Å². The predicted octanol–water partition coefficient (Wildman–Crippen LogP) is 4.73. The van der Waals surface area contributed by atoms with Crippen LogP contribution in [0.1, 0.15) is 0 Å². The summed E-state index contributed by atoms with van der Waals surface area (Å²) in [4.78, 5) is 14.5. The van der Waals surface area contributed by atoms with Crippen molar-refractivity contribution in [3.05, 3.63) is 72.5 Å². The van der Waals surface area contributed by atoms with Crippen LogP contribution in [0.25, 0.3) is 10.8 Å². The van der Waals surface area contributed by atoms with Gasteiger partial charge in [0.15, 0.2) is 0 Å². The number of hydrogen-bond acceptors (Lipinski definition) is 2. The molecule has 3 aromatic rings. The number of carbonyl (C=O) groups excluding carboxylic acids is 1. The van der Waals surface area contributed by atoms with Crippen molar-refractivity contribution in [3.8, 4) is 0 Å². The van der Waals surface area contributed by atoms with Gasteiger partial charge in [-0.15, -0.1) is 11.8 Å². The van der Waals surface area contributed by atoms with E-state index in [0.717, 1.165) is 16.5 Å². The second kappa shape index (κ2) is 6.84. The van der Waals surface area contributed by atoms with Crippen molar-refractivity contribution in [3.63, 3.8) is 0 Å². The average Bonchev–Trinajstić information content (AvgIpc) is 2.59. The van der Waals surface area contributed by atoms with Gasteiger partial charge in [0, 0.05) is 17.6 Å². The molecular weight excluding hydrogens is 309 g/mol. The van der Waals surface area contributed by atoms with Crippen molar-refractivity contribution in [1.29, 1.82) is 0 Å². The van der Waals surface area contributed by atoms with E-state index in [1.165, 1.54) is 17.8 Å². The number of rotatable bonds is 4. The number of hydrogen-bond donors (Lipinski definition) is 0. The summed E-state index contributed by atoms with van der Waals surface area (Å²) in [5.41, 5.74) is 0.836. The Kier molecular flexibility index (Phi) is 4.63. The maximum Gasteiger partial charge on any atom is 0.237 e. The lowest BCUT2D eigenvalue weighted by atomic mass is 10.1. The maximum atomic E-state index is 13.6. The molecule has 0 bridgehead atoms. The van der Waals surface area contributed by atoms with Crippen LogP contribution in [0.15, 0.2) is 71.6 Å². The summed E-state index contributed by atoms with van der Waals surface area (Å²) >= 11 is 1.22. The molecule has 2 nitrogen and oxygen atoms in total. The zero-order valence-electron chi connectivity index (χ0n) is 12.7. The molecule has 0 aliphatic rings. The normalized spacial score (nSPS) is 10.7. The SMILES string of the molecule is CN(C(=O)CSc1ccccc1F)c1ccc2ccccc2c1. The number of halogens is 1. The van der Waals surface area contributed by atoms with Gasteiger partial charge >= 0.3 is 0 Å². The van der Waals surface area contributed by atoms with E-state index in [0.29, 0.717) is 4.90 Å². The lowest BCUT2D eigenvalue weighted by molar-refractivity contribution is -0.115. The summed E-state index contributed by atoms with van der Waals surface area (Å²) in [6.45, 7) is 0. The number of amides is 1. The van der Waals surface area contributed by atoms with Gasteiger partial charge in [0.05, 0.1) is 5.75 Å². The highest BCUT2D eigenvalue weighted by molar-refractivity contribution is 8.00. The van der Waals surface area contributed by atoms with Crippen LogP contribution in [0.2, 0.25) is 0 Å². The summed E-state index contributed by atoms with van der Waals surface area (Å²) in [6.07, 6.45) is 0. The number of thioether (sulfide) groups is 1. The molecule has 116 valence electrons. The molecule has 0 saturated carbocycles. The van der Waals surface area contributed by atoms with E-state index in [9.17, 15) is 9.18 Å². The largest absolute Gasteiger partial charge is 0.315 e. The number of carbonyl (C=O) groups is 1. The lowest BCUT2D eigenvalue weighted by Gasteiger charge is -2.18. The second-order valence-corrected chi connectivity index (χ2v) is 6.22. The number of anilines is 1. The summed E-state index contributed by atoms with van der Waals surface area (Å²) in [6, 6.07) is 20.4. The van der Waals surface area contributed by atoms with E-state index in [2.05, 4.69) is 0 Å². The van der Waals surface area contributed by atoms with Crippen LogP contribution < -0.4 is 4.90 Å². The molecule has 23 heavy (non-hydrogen) atoms. The fourth-order valence-corrected chi connectivity index (χ4v) is 3.18. The van der Waals surface area contributed by atoms with E-state index < -0.39 is 0 Å². The minimum Gasteiger partial charge on any atom is -0.315 e. The smallest absolute Gasteiger partial charge is 0.237 e. The Hall–Kier alpha value is -2.33. The molecule has 0 fully saturated rings. The zero-order chi connectivity index (χ0) is 16.2. The Bertz CT molecular complexity index is 849. The first-order chi connectivity index (χ1) is 11.1. The van der Waals surface area contributed by atoms with Crippen molar-refractivity contribution in [2.45, 2.75) is 4.90 Å². The Morgan fingerprint density at radius 2 is 1.70 bits per heavy atom. The van der Waals surface area contributed by atoms with Crippen molar-refractivity contribution in [2.24, 2.45) is 0 Å². The lowest BCUT2D eigenvalue weighted by Crippen LogP contribution is -2.27. The predicted molar refractivity (Wildman–Crippen MR) is 94.5 cm³/mol. The third kappa shape index (κ3) is 3.54. The van der Waals surface area contributed by atoms with Crippen molar-refractivity contribution >= 4 is 34.1 Å². The number of benzene rings is 3. The minimum absolute atomic E-state index is 0.0615. The highest BCUT2D eigenvalue weighted by Crippen LogP contribution is 2.24. The van der Waals surface area contributed by atoms with Gasteiger partial charge in [-0.25, -0.2) is 4.39 Å². The van der Waals surface area contributed by atoms with Crippen molar-refractivity contribution < 1.29 is 9.18 Å². The first-order valence-electron chi connectivity index (χ1n) is 7.28. The van der Waals surface area contributed by atoms with Crippen LogP contribution in [-0.4, -0.2) is 18.7 Å². The quantitative estimate of drug-likeness (QED) is 0.646. The first kappa shape index (κ1) is 15.6. The van der Waals surface area contributed by atoms with Gasteiger partial charge in [-0.05, 0) is 35.0 Å². The molecule has 0 aliphatic carbocycles. The van der Waals surface area contributed by atoms with E-state index in [1.54, 1.807) is 30.1 Å². The third-order valence-corrected chi connectivity index (χ3v) is 4.72. The van der Waals surface area contributed by atoms with Gasteiger partial charge in [-0.2, -0.15) is 0 Å². The fourth-order valence-electron chi connectivity index (χ4n) is 2.33. The molecule has 1 amide bonds. The molecule has 0 radical (unpaired) electrons. The fraction of sp³-hybridized carbons (Fsp3) is 0.105. The molecule has 0 spiro atoms. The van der Waals surface area contributed by atoms with Crippen LogP contribution in [0.5, 0.6) is 0 Å². The summed E-state index contributed by atoms with van der Waals surface area (Å²) in [5.74, 6) is -0.156. The van der Waals surface area contributed by atoms with Gasteiger partial charge in [0.25, 0.3) is 0 Å². The van der Waals surface area contributed by atoms with E-state index >= 15 is 0 Å². The van der Waals surface area contributed by atoms with E-state index in [-0.39, 0.29) is 17.5 Å². The molecule has 0 heterocycles. The summed E-state index contributed by atoms with van der Waals surface area (Å²) in [7, 11) is 1.74. The third-order valence-electron chi connectivity index (χ3n) is 3.68. The molecular formula is C19H16FNOS. The number of fused-ring (bicyclic) bond motifs is 1. The zero-order valence-corrected chi connectivity index (χ0v) is 13.5. The molecule has 0 saturated heterocycles. The standard InChI is InChI=1S/C19H16FNOS/c1-21(16-11-10-14-6-2-3-7-15(14)12-16)19(22)13-23-18-9-5-4-8-17(18)20/h2-12H,13H2,1H3. The summed E-state index contributed by atoms with van der Waals surface area (Å²) in [5, 5.41) is 2.23. The van der Waals surface area contributed by atoms with Crippen LogP contribution in [0, 0.1) is 5.82 Å². The molecule has 0 atom stereocenters. The molecule has 4 heteroatoms. The minimum atomic E-state index is -0.293. The monoisotopic (exact) mass is 325 g/mol. The summed E-state index contributed by atoms with van der Waals surface area (Å²) < 4.78 is 13.6. The van der Waals surface area contributed by atoms with Gasteiger partial charge < -0.3 is 4.90 Å². The van der Waals surface area contributed by atoms with E-state index in [4.69, 9.17) is 0 Å². The molecule has 3 aromatic carbocycles. The number of nitrogens with zero attached hydrogens (tertiary/aromatic N) is 1. The highest BCUT2D eigenvalue weighted by Gasteiger charge is 2.13.